The minimum absolute atomic E-state index is 0.371. The lowest BCUT2D eigenvalue weighted by Gasteiger charge is -2.30. The molecule has 0 fully saturated rings. The van der Waals surface area contributed by atoms with Gasteiger partial charge in [-0.25, -0.2) is 4.79 Å². The lowest BCUT2D eigenvalue weighted by Crippen LogP contribution is -2.31. The summed E-state index contributed by atoms with van der Waals surface area (Å²) in [5.74, 6) is 2.28. The molecule has 1 aliphatic heterocycles. The maximum absolute atomic E-state index is 11.3. The molecule has 0 aromatic heterocycles. The molecule has 1 unspecified atom stereocenters. The topological polar surface area (TPSA) is 50.8 Å². The third-order valence-corrected chi connectivity index (χ3v) is 5.87. The molecule has 0 radical (unpaired) electrons. The minimum atomic E-state index is -0.371. The van der Waals surface area contributed by atoms with E-state index in [-0.39, 0.29) is 6.09 Å². The van der Waals surface area contributed by atoms with Crippen LogP contribution in [0.2, 0.25) is 0 Å². The van der Waals surface area contributed by atoms with Crippen LogP contribution in [0.4, 0.5) is 4.79 Å². The van der Waals surface area contributed by atoms with E-state index < -0.39 is 0 Å². The van der Waals surface area contributed by atoms with Crippen LogP contribution in [-0.4, -0.2) is 38.2 Å². The van der Waals surface area contributed by atoms with E-state index in [1.165, 1.54) is 29.5 Å². The summed E-state index contributed by atoms with van der Waals surface area (Å²) in [5.41, 5.74) is 5.18. The van der Waals surface area contributed by atoms with E-state index in [1.54, 1.807) is 7.11 Å². The number of fused-ring (bicyclic) bond motifs is 2. The summed E-state index contributed by atoms with van der Waals surface area (Å²) in [6, 6.07) is 12.6. The molecule has 1 N–H and O–H groups in total. The number of nitrogens with zero attached hydrogens (tertiary/aromatic N) is 1. The number of carbonyl (C=O) groups excluding carboxylic acids is 1. The predicted octanol–water partition coefficient (Wildman–Crippen LogP) is 3.89. The van der Waals surface area contributed by atoms with Crippen LogP contribution in [0, 0.1) is 0 Å². The van der Waals surface area contributed by atoms with Gasteiger partial charge in [0.05, 0.1) is 7.11 Å². The summed E-state index contributed by atoms with van der Waals surface area (Å²) in [6.07, 6.45) is 4.19. The van der Waals surface area contributed by atoms with Crippen LogP contribution in [0.1, 0.15) is 41.0 Å². The number of benzene rings is 2. The molecule has 2 aromatic carbocycles. The van der Waals surface area contributed by atoms with Gasteiger partial charge < -0.3 is 19.7 Å². The summed E-state index contributed by atoms with van der Waals surface area (Å²) in [6.45, 7) is 2.60. The van der Waals surface area contributed by atoms with Gasteiger partial charge in [-0.15, -0.1) is 0 Å². The van der Waals surface area contributed by atoms with E-state index in [4.69, 9.17) is 9.47 Å². The summed E-state index contributed by atoms with van der Waals surface area (Å²) in [7, 11) is 3.97. The average Bonchev–Trinajstić information content (AvgIpc) is 2.72. The number of hydrogen-bond acceptors (Lipinski definition) is 4. The van der Waals surface area contributed by atoms with Crippen molar-refractivity contribution in [3.05, 3.63) is 58.7 Å². The largest absolute Gasteiger partial charge is 0.496 e. The van der Waals surface area contributed by atoms with Crippen molar-refractivity contribution in [1.82, 2.24) is 10.2 Å². The van der Waals surface area contributed by atoms with Gasteiger partial charge in [-0.05, 0) is 67.5 Å². The average molecular weight is 380 g/mol. The second-order valence-corrected chi connectivity index (χ2v) is 7.81. The number of carbonyl (C=O) groups is 1. The van der Waals surface area contributed by atoms with Gasteiger partial charge in [0.15, 0.2) is 0 Å². The molecule has 1 amide bonds. The molecule has 148 valence electrons. The summed E-state index contributed by atoms with van der Waals surface area (Å²) < 4.78 is 10.8. The maximum Gasteiger partial charge on any atom is 0.412 e. The SMILES string of the molecule is COc1cccc2c1CCCC2CN(C)CCc1ccc2c(c1)CNC(=O)O2. The Morgan fingerprint density at radius 1 is 1.29 bits per heavy atom. The summed E-state index contributed by atoms with van der Waals surface area (Å²) in [5, 5.41) is 2.72. The monoisotopic (exact) mass is 380 g/mol. The fourth-order valence-electron chi connectivity index (χ4n) is 4.41. The molecule has 1 atom stereocenters. The highest BCUT2D eigenvalue weighted by molar-refractivity contribution is 5.73. The van der Waals surface area contributed by atoms with Crippen LogP contribution >= 0.6 is 0 Å². The van der Waals surface area contributed by atoms with E-state index in [0.717, 1.165) is 37.2 Å². The van der Waals surface area contributed by atoms with Gasteiger partial charge in [0.25, 0.3) is 0 Å². The van der Waals surface area contributed by atoms with Gasteiger partial charge in [-0.3, -0.25) is 0 Å². The van der Waals surface area contributed by atoms with Gasteiger partial charge in [0.1, 0.15) is 11.5 Å². The standard InChI is InChI=1S/C23H28N2O3/c1-25(12-11-16-9-10-21-18(13-16)14-24-23(26)28-21)15-17-5-3-7-20-19(17)6-4-8-22(20)27-2/h4,6,8-10,13,17H,3,5,7,11-12,14-15H2,1-2H3,(H,24,26). The number of amides is 1. The number of nitrogens with one attached hydrogen (secondary N) is 1. The molecule has 0 spiro atoms. The van der Waals surface area contributed by atoms with E-state index in [9.17, 15) is 4.79 Å². The molecule has 1 aliphatic carbocycles. The summed E-state index contributed by atoms with van der Waals surface area (Å²) >= 11 is 0. The molecule has 0 saturated heterocycles. The molecular weight excluding hydrogens is 352 g/mol. The van der Waals surface area contributed by atoms with Crippen molar-refractivity contribution < 1.29 is 14.3 Å². The first-order valence-electron chi connectivity index (χ1n) is 10.1. The number of methoxy groups -OCH3 is 1. The highest BCUT2D eigenvalue weighted by Crippen LogP contribution is 2.37. The molecule has 4 rings (SSSR count). The van der Waals surface area contributed by atoms with Crippen molar-refractivity contribution in [2.45, 2.75) is 38.1 Å². The number of rotatable bonds is 6. The van der Waals surface area contributed by atoms with Crippen LogP contribution < -0.4 is 14.8 Å². The Hall–Kier alpha value is -2.53. The fraction of sp³-hybridized carbons (Fsp3) is 0.435. The van der Waals surface area contributed by atoms with Crippen LogP contribution in [0.5, 0.6) is 11.5 Å². The van der Waals surface area contributed by atoms with Crippen molar-refractivity contribution in [2.75, 3.05) is 27.2 Å². The van der Waals surface area contributed by atoms with Crippen molar-refractivity contribution in [3.63, 3.8) is 0 Å². The van der Waals surface area contributed by atoms with Crippen LogP contribution in [-0.2, 0) is 19.4 Å². The normalized spacial score (nSPS) is 18.1. The smallest absolute Gasteiger partial charge is 0.412 e. The first kappa shape index (κ1) is 18.8. The zero-order valence-electron chi connectivity index (χ0n) is 16.7. The molecule has 5 nitrogen and oxygen atoms in total. The van der Waals surface area contributed by atoms with Crippen LogP contribution in [0.25, 0.3) is 0 Å². The third kappa shape index (κ3) is 3.99. The van der Waals surface area contributed by atoms with E-state index >= 15 is 0 Å². The van der Waals surface area contributed by atoms with Gasteiger partial charge in [0, 0.05) is 25.2 Å². The van der Waals surface area contributed by atoms with Crippen LogP contribution in [0.3, 0.4) is 0 Å². The van der Waals surface area contributed by atoms with Gasteiger partial charge in [-0.1, -0.05) is 24.3 Å². The van der Waals surface area contributed by atoms with Crippen molar-refractivity contribution in [2.24, 2.45) is 0 Å². The summed E-state index contributed by atoms with van der Waals surface area (Å²) in [4.78, 5) is 13.7. The highest BCUT2D eigenvalue weighted by Gasteiger charge is 2.24. The van der Waals surface area contributed by atoms with Gasteiger partial charge in [0.2, 0.25) is 0 Å². The van der Waals surface area contributed by atoms with Gasteiger partial charge >= 0.3 is 6.09 Å². The number of likely N-dealkylation sites (N-methyl/N-ethyl adjacent to an activating group) is 1. The quantitative estimate of drug-likeness (QED) is 0.826. The van der Waals surface area contributed by atoms with Crippen molar-refractivity contribution in [1.29, 1.82) is 0 Å². The number of hydrogen-bond donors (Lipinski definition) is 1. The zero-order chi connectivity index (χ0) is 19.5. The Morgan fingerprint density at radius 3 is 3.04 bits per heavy atom. The molecule has 5 heteroatoms. The molecule has 2 aromatic rings. The minimum Gasteiger partial charge on any atom is -0.496 e. The first-order valence-corrected chi connectivity index (χ1v) is 10.1. The highest BCUT2D eigenvalue weighted by atomic mass is 16.6. The van der Waals surface area contributed by atoms with E-state index in [1.807, 2.05) is 6.07 Å². The zero-order valence-corrected chi connectivity index (χ0v) is 16.7. The molecule has 1 heterocycles. The third-order valence-electron chi connectivity index (χ3n) is 5.87. The van der Waals surface area contributed by atoms with Crippen molar-refractivity contribution >= 4 is 6.09 Å². The Labute approximate surface area is 166 Å². The Bertz CT molecular complexity index is 865. The Kier molecular flexibility index (Phi) is 5.53. The molecule has 2 aliphatic rings. The van der Waals surface area contributed by atoms with Crippen molar-refractivity contribution in [3.8, 4) is 11.5 Å². The number of ether oxygens (including phenoxy) is 2. The molecular formula is C23H28N2O3. The van der Waals surface area contributed by atoms with Crippen LogP contribution in [0.15, 0.2) is 36.4 Å². The van der Waals surface area contributed by atoms with E-state index in [2.05, 4.69) is 47.6 Å². The Balaban J connectivity index is 1.37. The second-order valence-electron chi connectivity index (χ2n) is 7.81. The second kappa shape index (κ2) is 8.23. The first-order chi connectivity index (χ1) is 13.6. The van der Waals surface area contributed by atoms with E-state index in [0.29, 0.717) is 18.2 Å². The maximum atomic E-state index is 11.3. The fourth-order valence-corrected chi connectivity index (χ4v) is 4.41. The molecule has 0 saturated carbocycles. The predicted molar refractivity (Wildman–Crippen MR) is 109 cm³/mol. The molecule has 28 heavy (non-hydrogen) atoms. The van der Waals surface area contributed by atoms with Gasteiger partial charge in [-0.2, -0.15) is 0 Å². The lowest BCUT2D eigenvalue weighted by molar-refractivity contribution is 0.194. The molecule has 0 bridgehead atoms. The Morgan fingerprint density at radius 2 is 2.18 bits per heavy atom. The lowest BCUT2D eigenvalue weighted by atomic mass is 9.82.